The van der Waals surface area contributed by atoms with Crippen LogP contribution in [0.3, 0.4) is 0 Å². The number of aliphatic hydroxyl groups is 1. The number of ether oxygens (including phenoxy) is 1. The van der Waals surface area contributed by atoms with Crippen molar-refractivity contribution in [1.29, 1.82) is 0 Å². The molecule has 1 unspecified atom stereocenters. The summed E-state index contributed by atoms with van der Waals surface area (Å²) in [7, 11) is 0. The maximum atomic E-state index is 12.1. The van der Waals surface area contributed by atoms with E-state index in [9.17, 15) is 9.90 Å². The van der Waals surface area contributed by atoms with Crippen molar-refractivity contribution >= 4 is 5.97 Å². The minimum atomic E-state index is -0.397. The number of esters is 1. The van der Waals surface area contributed by atoms with Gasteiger partial charge in [0.05, 0.1) is 12.0 Å². The minimum absolute atomic E-state index is 0.0123. The summed E-state index contributed by atoms with van der Waals surface area (Å²) in [5.74, 6) is 0.532. The van der Waals surface area contributed by atoms with Gasteiger partial charge < -0.3 is 9.84 Å². The van der Waals surface area contributed by atoms with Crippen LogP contribution in [0.15, 0.2) is 0 Å². The predicted molar refractivity (Wildman–Crippen MR) is 76.8 cm³/mol. The zero-order valence-electron chi connectivity index (χ0n) is 12.9. The topological polar surface area (TPSA) is 46.5 Å². The molecule has 0 aliphatic heterocycles. The van der Waals surface area contributed by atoms with Crippen LogP contribution in [0.4, 0.5) is 0 Å². The summed E-state index contributed by atoms with van der Waals surface area (Å²) in [6.07, 6.45) is 6.81. The zero-order chi connectivity index (χ0) is 14.5. The van der Waals surface area contributed by atoms with Crippen LogP contribution in [0.2, 0.25) is 0 Å². The van der Waals surface area contributed by atoms with Gasteiger partial charge in [0.25, 0.3) is 0 Å². The van der Waals surface area contributed by atoms with E-state index in [2.05, 4.69) is 0 Å². The highest BCUT2D eigenvalue weighted by Gasteiger charge is 2.26. The number of hydrogen-bond acceptors (Lipinski definition) is 3. The fraction of sp³-hybridized carbons (Fsp3) is 0.938. The van der Waals surface area contributed by atoms with Crippen molar-refractivity contribution in [1.82, 2.24) is 0 Å². The van der Waals surface area contributed by atoms with Gasteiger partial charge >= 0.3 is 5.97 Å². The summed E-state index contributed by atoms with van der Waals surface area (Å²) < 4.78 is 5.46. The molecule has 0 radical (unpaired) electrons. The monoisotopic (exact) mass is 270 g/mol. The number of aliphatic hydroxyl groups excluding tert-OH is 1. The summed E-state index contributed by atoms with van der Waals surface area (Å²) in [4.78, 5) is 12.1. The lowest BCUT2D eigenvalue weighted by Gasteiger charge is -2.28. The molecule has 1 saturated carbocycles. The van der Waals surface area contributed by atoms with Crippen molar-refractivity contribution in [2.45, 2.75) is 84.3 Å². The van der Waals surface area contributed by atoms with E-state index < -0.39 is 5.60 Å². The quantitative estimate of drug-likeness (QED) is 0.775. The van der Waals surface area contributed by atoms with E-state index >= 15 is 0 Å². The minimum Gasteiger partial charge on any atom is -0.460 e. The molecule has 0 aromatic rings. The van der Waals surface area contributed by atoms with Crippen LogP contribution in [-0.4, -0.2) is 22.8 Å². The van der Waals surface area contributed by atoms with Gasteiger partial charge in [-0.25, -0.2) is 0 Å². The molecule has 0 aromatic carbocycles. The molecule has 3 atom stereocenters. The number of rotatable bonds is 5. The van der Waals surface area contributed by atoms with Crippen LogP contribution in [0, 0.1) is 11.8 Å². The molecule has 0 heterocycles. The van der Waals surface area contributed by atoms with Crippen molar-refractivity contribution in [3.63, 3.8) is 0 Å². The highest BCUT2D eigenvalue weighted by Crippen LogP contribution is 2.30. The fourth-order valence-electron chi connectivity index (χ4n) is 2.84. The Kier molecular flexibility index (Phi) is 6.31. The molecule has 0 saturated heterocycles. The molecule has 1 aliphatic rings. The van der Waals surface area contributed by atoms with Crippen LogP contribution < -0.4 is 0 Å². The highest BCUT2D eigenvalue weighted by molar-refractivity contribution is 5.72. The smallest absolute Gasteiger partial charge is 0.309 e. The maximum Gasteiger partial charge on any atom is 0.309 e. The third-order valence-electron chi connectivity index (χ3n) is 3.91. The van der Waals surface area contributed by atoms with Crippen LogP contribution >= 0.6 is 0 Å². The lowest BCUT2D eigenvalue weighted by molar-refractivity contribution is -0.160. The highest BCUT2D eigenvalue weighted by atomic mass is 16.6. The Labute approximate surface area is 117 Å². The second-order valence-electron chi connectivity index (χ2n) is 6.90. The summed E-state index contributed by atoms with van der Waals surface area (Å²) in [6.45, 7) is 7.78. The van der Waals surface area contributed by atoms with E-state index in [4.69, 9.17) is 4.74 Å². The second-order valence-corrected chi connectivity index (χ2v) is 6.90. The lowest BCUT2D eigenvalue weighted by Crippen LogP contribution is -2.29. The first-order valence-corrected chi connectivity index (χ1v) is 7.72. The third kappa shape index (κ3) is 6.42. The van der Waals surface area contributed by atoms with Gasteiger partial charge in [0.15, 0.2) is 0 Å². The normalized spacial score (nSPS) is 25.9. The molecule has 3 heteroatoms. The first kappa shape index (κ1) is 16.5. The van der Waals surface area contributed by atoms with Crippen LogP contribution in [0.1, 0.15) is 72.6 Å². The van der Waals surface area contributed by atoms with Gasteiger partial charge in [0.1, 0.15) is 5.60 Å². The molecule has 0 amide bonds. The van der Waals surface area contributed by atoms with E-state index in [-0.39, 0.29) is 18.0 Å². The zero-order valence-corrected chi connectivity index (χ0v) is 12.9. The van der Waals surface area contributed by atoms with Crippen molar-refractivity contribution in [3.8, 4) is 0 Å². The first-order chi connectivity index (χ1) is 8.81. The Bertz CT molecular complexity index is 280. The first-order valence-electron chi connectivity index (χ1n) is 7.72. The molecule has 1 rings (SSSR count). The summed E-state index contributed by atoms with van der Waals surface area (Å²) >= 11 is 0. The summed E-state index contributed by atoms with van der Waals surface area (Å²) in [5, 5.41) is 9.67. The Balaban J connectivity index is 2.37. The Morgan fingerprint density at radius 1 is 1.37 bits per heavy atom. The Hall–Kier alpha value is -0.570. The van der Waals surface area contributed by atoms with Crippen LogP contribution in [-0.2, 0) is 9.53 Å². The molecule has 1 aliphatic carbocycles. The number of carbonyl (C=O) groups excluding carboxylic acids is 1. The standard InChI is InChI=1S/C16H30O3/c1-5-13(15(18)19-16(2,3)4)10-9-12-7-6-8-14(17)11-12/h12-14,17H,5-11H2,1-4H3/t12-,13?,14-/m0/s1. The lowest BCUT2D eigenvalue weighted by atomic mass is 9.82. The fourth-order valence-corrected chi connectivity index (χ4v) is 2.84. The summed E-state index contributed by atoms with van der Waals surface area (Å²) in [6, 6.07) is 0. The maximum absolute atomic E-state index is 12.1. The molecule has 0 aromatic heterocycles. The van der Waals surface area contributed by atoms with Gasteiger partial charge in [0.2, 0.25) is 0 Å². The van der Waals surface area contributed by atoms with E-state index in [1.54, 1.807) is 0 Å². The van der Waals surface area contributed by atoms with Crippen molar-refractivity contribution in [2.24, 2.45) is 11.8 Å². The Morgan fingerprint density at radius 2 is 2.05 bits per heavy atom. The van der Waals surface area contributed by atoms with E-state index in [0.29, 0.717) is 5.92 Å². The molecule has 19 heavy (non-hydrogen) atoms. The third-order valence-corrected chi connectivity index (χ3v) is 3.91. The number of carbonyl (C=O) groups is 1. The van der Waals surface area contributed by atoms with Crippen LogP contribution in [0.25, 0.3) is 0 Å². The van der Waals surface area contributed by atoms with E-state index in [1.165, 1.54) is 6.42 Å². The molecule has 0 spiro atoms. The molecule has 112 valence electrons. The molecule has 0 bridgehead atoms. The average molecular weight is 270 g/mol. The average Bonchev–Trinajstić information content (AvgIpc) is 2.27. The predicted octanol–water partition coefficient (Wildman–Crippen LogP) is 3.69. The van der Waals surface area contributed by atoms with Crippen molar-refractivity contribution < 1.29 is 14.6 Å². The summed E-state index contributed by atoms with van der Waals surface area (Å²) in [5.41, 5.74) is -0.397. The van der Waals surface area contributed by atoms with Gasteiger partial charge in [-0.1, -0.05) is 19.8 Å². The van der Waals surface area contributed by atoms with E-state index in [1.807, 2.05) is 27.7 Å². The van der Waals surface area contributed by atoms with Crippen molar-refractivity contribution in [3.05, 3.63) is 0 Å². The van der Waals surface area contributed by atoms with Crippen molar-refractivity contribution in [2.75, 3.05) is 0 Å². The molecular formula is C16H30O3. The van der Waals surface area contributed by atoms with Gasteiger partial charge in [-0.3, -0.25) is 4.79 Å². The van der Waals surface area contributed by atoms with Gasteiger partial charge in [0, 0.05) is 0 Å². The van der Waals surface area contributed by atoms with Gasteiger partial charge in [-0.05, 0) is 58.8 Å². The largest absolute Gasteiger partial charge is 0.460 e. The molecular weight excluding hydrogens is 240 g/mol. The van der Waals surface area contributed by atoms with Gasteiger partial charge in [-0.2, -0.15) is 0 Å². The second kappa shape index (κ2) is 7.28. The molecule has 1 N–H and O–H groups in total. The SMILES string of the molecule is CCC(CC[C@@H]1CCC[C@H](O)C1)C(=O)OC(C)(C)C. The van der Waals surface area contributed by atoms with E-state index in [0.717, 1.165) is 38.5 Å². The van der Waals surface area contributed by atoms with Crippen LogP contribution in [0.5, 0.6) is 0 Å². The number of hydrogen-bond donors (Lipinski definition) is 1. The molecule has 1 fully saturated rings. The Morgan fingerprint density at radius 3 is 2.58 bits per heavy atom. The van der Waals surface area contributed by atoms with Gasteiger partial charge in [-0.15, -0.1) is 0 Å². The molecule has 3 nitrogen and oxygen atoms in total.